The summed E-state index contributed by atoms with van der Waals surface area (Å²) < 4.78 is 0. The van der Waals surface area contributed by atoms with E-state index >= 15 is 0 Å². The summed E-state index contributed by atoms with van der Waals surface area (Å²) in [6, 6.07) is 5.95. The van der Waals surface area contributed by atoms with Gasteiger partial charge in [0, 0.05) is 51.6 Å². The Hall–Kier alpha value is -3.20. The van der Waals surface area contributed by atoms with Gasteiger partial charge in [-0.15, -0.1) is 0 Å². The zero-order valence-corrected chi connectivity index (χ0v) is 18.7. The third kappa shape index (κ3) is 4.12. The Balaban J connectivity index is 1.44. The van der Waals surface area contributed by atoms with Gasteiger partial charge in [0.15, 0.2) is 0 Å². The molecule has 9 nitrogen and oxygen atoms in total. The molecule has 2 aliphatic rings. The summed E-state index contributed by atoms with van der Waals surface area (Å²) in [5.41, 5.74) is 3.36. The summed E-state index contributed by atoms with van der Waals surface area (Å²) in [6.45, 7) is 3.96. The zero-order chi connectivity index (χ0) is 22.1. The van der Waals surface area contributed by atoms with Gasteiger partial charge in [0.1, 0.15) is 17.2 Å². The maximum Gasteiger partial charge on any atom is 0.269 e. The fourth-order valence-electron chi connectivity index (χ4n) is 4.64. The van der Waals surface area contributed by atoms with Crippen molar-refractivity contribution in [1.29, 1.82) is 0 Å². The molecule has 1 aliphatic carbocycles. The van der Waals surface area contributed by atoms with Crippen molar-refractivity contribution in [3.8, 4) is 0 Å². The number of aromatic nitrogens is 4. The first-order chi connectivity index (χ1) is 15.6. The fourth-order valence-corrected chi connectivity index (χ4v) is 4.64. The maximum absolute atomic E-state index is 12.5. The number of carbonyl (C=O) groups is 1. The number of hydrogen-bond acceptors (Lipinski definition) is 7. The Morgan fingerprint density at radius 2 is 1.94 bits per heavy atom. The molecule has 3 aromatic rings. The average Bonchev–Trinajstić information content (AvgIpc) is 3.49. The molecule has 0 spiro atoms. The summed E-state index contributed by atoms with van der Waals surface area (Å²) >= 11 is 0. The first-order valence-corrected chi connectivity index (χ1v) is 11.4. The highest BCUT2D eigenvalue weighted by atomic mass is 16.2. The van der Waals surface area contributed by atoms with Crippen molar-refractivity contribution in [3.63, 3.8) is 0 Å². The number of hydrogen-bond donors (Lipinski definition) is 3. The molecule has 0 aromatic carbocycles. The Kier molecular flexibility index (Phi) is 5.65. The predicted octanol–water partition coefficient (Wildman–Crippen LogP) is 2.87. The zero-order valence-electron chi connectivity index (χ0n) is 18.7. The molecule has 0 atom stereocenters. The lowest BCUT2D eigenvalue weighted by molar-refractivity contribution is 0.0823. The van der Waals surface area contributed by atoms with Crippen LogP contribution in [0, 0.1) is 0 Å². The SMILES string of the molecule is CN(C)C(=O)c1cc2c(C3CCCC3)nc(Nc3ccc(N4CCNCC4)cn3)nc2[nH]1. The third-order valence-electron chi connectivity index (χ3n) is 6.37. The lowest BCUT2D eigenvalue weighted by Crippen LogP contribution is -2.43. The van der Waals surface area contributed by atoms with E-state index in [0.29, 0.717) is 29.0 Å². The number of amides is 1. The van der Waals surface area contributed by atoms with Crippen molar-refractivity contribution in [2.24, 2.45) is 0 Å². The molecule has 1 saturated heterocycles. The molecule has 0 unspecified atom stereocenters. The average molecular weight is 435 g/mol. The van der Waals surface area contributed by atoms with Crippen molar-refractivity contribution >= 4 is 34.4 Å². The minimum atomic E-state index is -0.0694. The molecule has 1 saturated carbocycles. The summed E-state index contributed by atoms with van der Waals surface area (Å²) in [5.74, 6) is 1.53. The second-order valence-electron chi connectivity index (χ2n) is 8.82. The second kappa shape index (κ2) is 8.74. The third-order valence-corrected chi connectivity index (χ3v) is 6.37. The van der Waals surface area contributed by atoms with Crippen LogP contribution >= 0.6 is 0 Å². The van der Waals surface area contributed by atoms with E-state index in [2.05, 4.69) is 36.6 Å². The van der Waals surface area contributed by atoms with Gasteiger partial charge in [0.05, 0.1) is 17.6 Å². The minimum Gasteiger partial charge on any atom is -0.368 e. The van der Waals surface area contributed by atoms with Crippen LogP contribution < -0.4 is 15.5 Å². The number of carbonyl (C=O) groups excluding carboxylic acids is 1. The van der Waals surface area contributed by atoms with Crippen LogP contribution in [-0.4, -0.2) is 71.0 Å². The van der Waals surface area contributed by atoms with Crippen LogP contribution in [-0.2, 0) is 0 Å². The van der Waals surface area contributed by atoms with Gasteiger partial charge in [0.25, 0.3) is 5.91 Å². The maximum atomic E-state index is 12.5. The standard InChI is InChI=1S/C23H30N8O/c1-30(2)22(32)18-13-17-20(15-5-3-4-6-15)28-23(29-21(17)26-18)27-19-8-7-16(14-25-19)31-11-9-24-10-12-31/h7-8,13-15,24H,3-6,9-12H2,1-2H3,(H2,25,26,27,28,29). The lowest BCUT2D eigenvalue weighted by atomic mass is 10.0. The highest BCUT2D eigenvalue weighted by Crippen LogP contribution is 2.37. The van der Waals surface area contributed by atoms with Crippen LogP contribution in [0.1, 0.15) is 47.8 Å². The van der Waals surface area contributed by atoms with E-state index in [1.807, 2.05) is 18.3 Å². The van der Waals surface area contributed by atoms with Crippen molar-refractivity contribution in [2.45, 2.75) is 31.6 Å². The number of nitrogens with one attached hydrogen (secondary N) is 3. The van der Waals surface area contributed by atoms with Crippen molar-refractivity contribution < 1.29 is 4.79 Å². The number of nitrogens with zero attached hydrogens (tertiary/aromatic N) is 5. The molecule has 4 heterocycles. The Morgan fingerprint density at radius 1 is 1.16 bits per heavy atom. The Bertz CT molecular complexity index is 1100. The van der Waals surface area contributed by atoms with Gasteiger partial charge in [-0.1, -0.05) is 12.8 Å². The van der Waals surface area contributed by atoms with E-state index in [1.165, 1.54) is 12.8 Å². The van der Waals surface area contributed by atoms with Crippen LogP contribution in [0.4, 0.5) is 17.5 Å². The first kappa shape index (κ1) is 20.7. The molecule has 2 fully saturated rings. The van der Waals surface area contributed by atoms with E-state index in [4.69, 9.17) is 4.98 Å². The van der Waals surface area contributed by atoms with Crippen molar-refractivity contribution in [3.05, 3.63) is 35.8 Å². The van der Waals surface area contributed by atoms with E-state index in [-0.39, 0.29) is 5.91 Å². The van der Waals surface area contributed by atoms with Crippen LogP contribution in [0.15, 0.2) is 24.4 Å². The summed E-state index contributed by atoms with van der Waals surface area (Å²) in [4.78, 5) is 33.7. The fraction of sp³-hybridized carbons (Fsp3) is 0.478. The van der Waals surface area contributed by atoms with E-state index in [9.17, 15) is 4.79 Å². The number of anilines is 3. The minimum absolute atomic E-state index is 0.0694. The molecule has 3 aromatic heterocycles. The number of pyridine rings is 1. The van der Waals surface area contributed by atoms with Crippen LogP contribution in [0.25, 0.3) is 11.0 Å². The van der Waals surface area contributed by atoms with Gasteiger partial charge < -0.3 is 25.4 Å². The van der Waals surface area contributed by atoms with E-state index in [1.54, 1.807) is 19.0 Å². The molecular formula is C23H30N8O. The Labute approximate surface area is 187 Å². The summed E-state index contributed by atoms with van der Waals surface area (Å²) in [6.07, 6.45) is 6.55. The largest absolute Gasteiger partial charge is 0.368 e. The van der Waals surface area contributed by atoms with Crippen molar-refractivity contribution in [1.82, 2.24) is 30.2 Å². The van der Waals surface area contributed by atoms with Gasteiger partial charge in [-0.3, -0.25) is 4.79 Å². The number of aromatic amines is 1. The molecule has 168 valence electrons. The van der Waals surface area contributed by atoms with Crippen LogP contribution in [0.5, 0.6) is 0 Å². The molecule has 1 amide bonds. The lowest BCUT2D eigenvalue weighted by Gasteiger charge is -2.29. The first-order valence-electron chi connectivity index (χ1n) is 11.4. The molecule has 9 heteroatoms. The molecule has 1 aliphatic heterocycles. The number of fused-ring (bicyclic) bond motifs is 1. The van der Waals surface area contributed by atoms with Gasteiger partial charge in [0.2, 0.25) is 5.95 Å². The topological polar surface area (TPSA) is 102 Å². The monoisotopic (exact) mass is 434 g/mol. The van der Waals surface area contributed by atoms with Crippen LogP contribution in [0.2, 0.25) is 0 Å². The second-order valence-corrected chi connectivity index (χ2v) is 8.82. The molecule has 5 rings (SSSR count). The summed E-state index contributed by atoms with van der Waals surface area (Å²) in [7, 11) is 3.50. The molecule has 32 heavy (non-hydrogen) atoms. The van der Waals surface area contributed by atoms with Gasteiger partial charge >= 0.3 is 0 Å². The number of piperazine rings is 1. The smallest absolute Gasteiger partial charge is 0.269 e. The van der Waals surface area contributed by atoms with E-state index in [0.717, 1.165) is 55.8 Å². The van der Waals surface area contributed by atoms with Gasteiger partial charge in [-0.2, -0.15) is 4.98 Å². The van der Waals surface area contributed by atoms with Crippen LogP contribution in [0.3, 0.4) is 0 Å². The predicted molar refractivity (Wildman–Crippen MR) is 126 cm³/mol. The Morgan fingerprint density at radius 3 is 2.62 bits per heavy atom. The number of rotatable bonds is 5. The molecule has 0 bridgehead atoms. The van der Waals surface area contributed by atoms with Gasteiger partial charge in [-0.25, -0.2) is 9.97 Å². The molecule has 0 radical (unpaired) electrons. The summed E-state index contributed by atoms with van der Waals surface area (Å²) in [5, 5.41) is 7.58. The quantitative estimate of drug-likeness (QED) is 0.567. The van der Waals surface area contributed by atoms with E-state index < -0.39 is 0 Å². The van der Waals surface area contributed by atoms with Crippen molar-refractivity contribution in [2.75, 3.05) is 50.5 Å². The van der Waals surface area contributed by atoms with Gasteiger partial charge in [-0.05, 0) is 31.0 Å². The molecular weight excluding hydrogens is 404 g/mol. The molecule has 3 N–H and O–H groups in total. The highest BCUT2D eigenvalue weighted by molar-refractivity contribution is 5.97. The normalized spacial score (nSPS) is 17.1. The highest BCUT2D eigenvalue weighted by Gasteiger charge is 2.24. The number of H-pyrrole nitrogens is 1.